The van der Waals surface area contributed by atoms with Gasteiger partial charge >= 0.3 is 0 Å². The van der Waals surface area contributed by atoms with Crippen LogP contribution in [-0.2, 0) is 16.0 Å². The highest BCUT2D eigenvalue weighted by Gasteiger charge is 2.50. The van der Waals surface area contributed by atoms with Gasteiger partial charge in [0.1, 0.15) is 11.4 Å². The molecule has 2 amide bonds. The molecule has 3 aliphatic rings. The van der Waals surface area contributed by atoms with E-state index in [1.54, 1.807) is 6.92 Å². The van der Waals surface area contributed by atoms with Crippen LogP contribution in [0.25, 0.3) is 0 Å². The van der Waals surface area contributed by atoms with Crippen molar-refractivity contribution in [3.63, 3.8) is 0 Å². The van der Waals surface area contributed by atoms with Gasteiger partial charge in [-0.15, -0.1) is 0 Å². The van der Waals surface area contributed by atoms with Crippen LogP contribution >= 0.6 is 0 Å². The summed E-state index contributed by atoms with van der Waals surface area (Å²) in [6, 6.07) is 0.419. The Morgan fingerprint density at radius 1 is 1.15 bits per heavy atom. The number of likely N-dealkylation sites (tertiary alicyclic amines) is 2. The van der Waals surface area contributed by atoms with Crippen LogP contribution in [0, 0.1) is 12.3 Å². The Kier molecular flexibility index (Phi) is 4.71. The van der Waals surface area contributed by atoms with Gasteiger partial charge < -0.3 is 9.80 Å². The van der Waals surface area contributed by atoms with Crippen LogP contribution in [0.15, 0.2) is 4.63 Å². The number of hydrogen-bond acceptors (Lipinski definition) is 5. The Balaban J connectivity index is 1.43. The Labute approximate surface area is 154 Å². The van der Waals surface area contributed by atoms with Gasteiger partial charge in [-0.05, 0) is 39.0 Å². The van der Waals surface area contributed by atoms with Crippen molar-refractivity contribution in [2.24, 2.45) is 5.41 Å². The fraction of sp³-hybridized carbons (Fsp3) is 0.789. The molecule has 3 heterocycles. The minimum Gasteiger partial charge on any atom is -0.341 e. The van der Waals surface area contributed by atoms with Gasteiger partial charge in [-0.25, -0.2) is 4.63 Å². The van der Waals surface area contributed by atoms with E-state index in [0.717, 1.165) is 38.6 Å². The fourth-order valence-corrected chi connectivity index (χ4v) is 4.97. The summed E-state index contributed by atoms with van der Waals surface area (Å²) in [7, 11) is 0. The minimum atomic E-state index is -0.359. The van der Waals surface area contributed by atoms with Gasteiger partial charge in [-0.1, -0.05) is 29.6 Å². The third kappa shape index (κ3) is 3.12. The second-order valence-corrected chi connectivity index (χ2v) is 8.21. The molecule has 1 aromatic rings. The highest BCUT2D eigenvalue weighted by atomic mass is 16.6. The molecule has 2 aliphatic heterocycles. The van der Waals surface area contributed by atoms with E-state index in [-0.39, 0.29) is 17.7 Å². The average Bonchev–Trinajstić information content (AvgIpc) is 3.26. The van der Waals surface area contributed by atoms with Crippen LogP contribution in [0.2, 0.25) is 0 Å². The van der Waals surface area contributed by atoms with Crippen molar-refractivity contribution >= 4 is 11.8 Å². The number of aromatic nitrogens is 2. The maximum absolute atomic E-state index is 13.3. The Bertz CT molecular complexity index is 682. The monoisotopic (exact) mass is 360 g/mol. The van der Waals surface area contributed by atoms with Crippen molar-refractivity contribution in [1.29, 1.82) is 0 Å². The zero-order valence-electron chi connectivity index (χ0n) is 15.6. The maximum Gasteiger partial charge on any atom is 0.230 e. The highest BCUT2D eigenvalue weighted by molar-refractivity contribution is 5.86. The van der Waals surface area contributed by atoms with Crippen LogP contribution in [-0.4, -0.2) is 57.6 Å². The van der Waals surface area contributed by atoms with Crippen molar-refractivity contribution in [2.45, 2.75) is 70.8 Å². The predicted octanol–water partition coefficient (Wildman–Crippen LogP) is 2.09. The summed E-state index contributed by atoms with van der Waals surface area (Å²) in [4.78, 5) is 30.0. The third-order valence-electron chi connectivity index (χ3n) is 6.56. The van der Waals surface area contributed by atoms with Crippen molar-refractivity contribution in [3.8, 4) is 0 Å². The smallest absolute Gasteiger partial charge is 0.230 e. The third-order valence-corrected chi connectivity index (χ3v) is 6.56. The molecule has 7 heteroatoms. The summed E-state index contributed by atoms with van der Waals surface area (Å²) in [5.41, 5.74) is 0.891. The lowest BCUT2D eigenvalue weighted by atomic mass is 9.77. The Hall–Kier alpha value is -1.92. The maximum atomic E-state index is 13.3. The number of hydrogen-bond donors (Lipinski definition) is 0. The number of carbonyl (C=O) groups is 2. The molecule has 1 saturated carbocycles. The van der Waals surface area contributed by atoms with Gasteiger partial charge in [0.15, 0.2) is 0 Å². The van der Waals surface area contributed by atoms with Crippen LogP contribution in [0.4, 0.5) is 0 Å². The number of carbonyl (C=O) groups excluding carboxylic acids is 2. The molecular formula is C19H28N4O3. The van der Waals surface area contributed by atoms with Gasteiger partial charge in [0.05, 0.1) is 11.8 Å². The number of piperidine rings is 1. The molecule has 0 N–H and O–H groups in total. The lowest BCUT2D eigenvalue weighted by molar-refractivity contribution is -0.149. The zero-order chi connectivity index (χ0) is 18.1. The lowest BCUT2D eigenvalue weighted by Crippen LogP contribution is -2.54. The molecule has 0 bridgehead atoms. The first-order valence-corrected chi connectivity index (χ1v) is 9.96. The molecule has 142 valence electrons. The Morgan fingerprint density at radius 3 is 2.69 bits per heavy atom. The van der Waals surface area contributed by atoms with Gasteiger partial charge in [-0.3, -0.25) is 9.59 Å². The summed E-state index contributed by atoms with van der Waals surface area (Å²) in [6.07, 6.45) is 8.99. The van der Waals surface area contributed by atoms with E-state index in [0.29, 0.717) is 36.4 Å². The molecular weight excluding hydrogens is 332 g/mol. The van der Waals surface area contributed by atoms with Crippen LogP contribution in [0.3, 0.4) is 0 Å². The molecule has 3 fully saturated rings. The van der Waals surface area contributed by atoms with Crippen molar-refractivity contribution in [3.05, 3.63) is 11.4 Å². The molecule has 1 atom stereocenters. The van der Waals surface area contributed by atoms with Gasteiger partial charge in [-0.2, -0.15) is 0 Å². The second kappa shape index (κ2) is 7.00. The molecule has 1 aromatic heterocycles. The zero-order valence-corrected chi connectivity index (χ0v) is 15.6. The van der Waals surface area contributed by atoms with Gasteiger partial charge in [0.2, 0.25) is 11.8 Å². The summed E-state index contributed by atoms with van der Waals surface area (Å²) in [5, 5.41) is 7.55. The van der Waals surface area contributed by atoms with E-state index in [4.69, 9.17) is 0 Å². The number of amides is 2. The summed E-state index contributed by atoms with van der Waals surface area (Å²) in [5.74, 6) is 0.313. The second-order valence-electron chi connectivity index (χ2n) is 8.21. The van der Waals surface area contributed by atoms with Gasteiger partial charge in [0.25, 0.3) is 0 Å². The lowest BCUT2D eigenvalue weighted by Gasteiger charge is -2.44. The van der Waals surface area contributed by atoms with Crippen molar-refractivity contribution in [2.75, 3.05) is 19.6 Å². The molecule has 7 nitrogen and oxygen atoms in total. The fourth-order valence-electron chi connectivity index (χ4n) is 4.97. The van der Waals surface area contributed by atoms with Crippen LogP contribution < -0.4 is 0 Å². The van der Waals surface area contributed by atoms with E-state index in [1.165, 1.54) is 19.3 Å². The average molecular weight is 360 g/mol. The van der Waals surface area contributed by atoms with Crippen LogP contribution in [0.1, 0.15) is 62.8 Å². The topological polar surface area (TPSA) is 79.5 Å². The molecule has 0 radical (unpaired) electrons. The van der Waals surface area contributed by atoms with E-state index in [1.807, 2.05) is 4.90 Å². The first-order valence-electron chi connectivity index (χ1n) is 9.96. The number of aryl methyl sites for hydroxylation is 1. The quantitative estimate of drug-likeness (QED) is 0.825. The first-order chi connectivity index (χ1) is 12.6. The van der Waals surface area contributed by atoms with Crippen molar-refractivity contribution in [1.82, 2.24) is 20.1 Å². The first kappa shape index (κ1) is 17.5. The highest BCUT2D eigenvalue weighted by Crippen LogP contribution is 2.42. The normalized spacial score (nSPS) is 27.5. The molecule has 26 heavy (non-hydrogen) atoms. The van der Waals surface area contributed by atoms with Gasteiger partial charge in [0, 0.05) is 25.7 Å². The predicted molar refractivity (Wildman–Crippen MR) is 94.2 cm³/mol. The molecule has 0 aromatic carbocycles. The summed E-state index contributed by atoms with van der Waals surface area (Å²) >= 11 is 0. The summed E-state index contributed by atoms with van der Waals surface area (Å²) < 4.78 is 4.69. The molecule has 1 unspecified atom stereocenters. The SMILES string of the molecule is Cc1nonc1CC(=O)N1CCC2(CCCN(C3CCCCC3)C2=O)C1. The molecule has 4 rings (SSSR count). The molecule has 2 saturated heterocycles. The van der Waals surface area contributed by atoms with E-state index in [9.17, 15) is 9.59 Å². The van der Waals surface area contributed by atoms with E-state index in [2.05, 4.69) is 19.8 Å². The summed E-state index contributed by atoms with van der Waals surface area (Å²) in [6.45, 7) is 3.89. The molecule has 1 spiro atoms. The largest absolute Gasteiger partial charge is 0.341 e. The van der Waals surface area contributed by atoms with E-state index < -0.39 is 0 Å². The number of rotatable bonds is 3. The standard InChI is InChI=1S/C19H28N4O3/c1-14-16(21-26-20-14)12-17(24)22-11-9-19(13-22)8-5-10-23(18(19)25)15-6-3-2-4-7-15/h15H,2-13H2,1H3. The van der Waals surface area contributed by atoms with Crippen molar-refractivity contribution < 1.29 is 14.2 Å². The van der Waals surface area contributed by atoms with E-state index >= 15 is 0 Å². The minimum absolute atomic E-state index is 0.0169. The molecule has 1 aliphatic carbocycles. The van der Waals surface area contributed by atoms with Crippen LogP contribution in [0.5, 0.6) is 0 Å². The Morgan fingerprint density at radius 2 is 1.96 bits per heavy atom. The number of nitrogens with zero attached hydrogens (tertiary/aromatic N) is 4.